The lowest BCUT2D eigenvalue weighted by molar-refractivity contribution is -0.179. The van der Waals surface area contributed by atoms with E-state index in [0.29, 0.717) is 16.3 Å². The molecule has 1 aliphatic heterocycles. The van der Waals surface area contributed by atoms with Crippen LogP contribution in [0.1, 0.15) is 33.2 Å². The van der Waals surface area contributed by atoms with Gasteiger partial charge in [-0.3, -0.25) is 0 Å². The van der Waals surface area contributed by atoms with Gasteiger partial charge in [0.05, 0.1) is 0 Å². The predicted molar refractivity (Wildman–Crippen MR) is 93.4 cm³/mol. The van der Waals surface area contributed by atoms with Gasteiger partial charge in [0, 0.05) is 5.75 Å². The number of nitrogen functional groups attached to an aromatic ring is 1. The van der Waals surface area contributed by atoms with Crippen molar-refractivity contribution in [1.82, 2.24) is 25.0 Å². The molecule has 2 aromatic rings. The van der Waals surface area contributed by atoms with Gasteiger partial charge >= 0.3 is 0 Å². The number of nitrogens with zero attached hydrogens (tertiary/aromatic N) is 5. The van der Waals surface area contributed by atoms with Crippen molar-refractivity contribution in [3.63, 3.8) is 0 Å². The molecule has 1 saturated carbocycles. The average molecular weight is 382 g/mol. The van der Waals surface area contributed by atoms with E-state index >= 15 is 0 Å². The highest BCUT2D eigenvalue weighted by molar-refractivity contribution is 7.99. The minimum atomic E-state index is -1.13. The van der Waals surface area contributed by atoms with Crippen LogP contribution in [0.5, 0.6) is 0 Å². The number of ether oxygens (including phenoxy) is 2. The highest BCUT2D eigenvalue weighted by Gasteiger charge is 2.59. The van der Waals surface area contributed by atoms with Gasteiger partial charge in [-0.2, -0.15) is 0 Å². The number of thioether (sulfide) groups is 1. The minimum Gasteiger partial charge on any atom is -0.388 e. The SMILES string of the molecule is CCCSc1nc(N)c2nnn([C@H]3C4OC(C)(C)OC4[C@@H](O)[C@H]3O)c2n1. The van der Waals surface area contributed by atoms with E-state index in [4.69, 9.17) is 15.2 Å². The fourth-order valence-electron chi connectivity index (χ4n) is 3.51. The summed E-state index contributed by atoms with van der Waals surface area (Å²) < 4.78 is 13.1. The predicted octanol–water partition coefficient (Wildman–Crippen LogP) is 0.102. The second-order valence-electron chi connectivity index (χ2n) is 6.98. The number of nitrogens with two attached hydrogens (primary N) is 1. The number of aromatic nitrogens is 5. The van der Waals surface area contributed by atoms with Crippen molar-refractivity contribution in [3.8, 4) is 0 Å². The van der Waals surface area contributed by atoms with Gasteiger partial charge in [-0.25, -0.2) is 14.6 Å². The Balaban J connectivity index is 1.77. The molecule has 2 aliphatic rings. The maximum atomic E-state index is 10.6. The van der Waals surface area contributed by atoms with Crippen LogP contribution in [0.4, 0.5) is 5.82 Å². The molecule has 0 radical (unpaired) electrons. The summed E-state index contributed by atoms with van der Waals surface area (Å²) in [5.41, 5.74) is 6.76. The van der Waals surface area contributed by atoms with Crippen molar-refractivity contribution in [3.05, 3.63) is 0 Å². The molecule has 2 fully saturated rings. The standard InChI is InChI=1S/C15H22N6O4S/c1-4-5-26-14-17-12(16)6-13(18-14)21(20-19-6)7-8(22)9(23)11-10(7)24-15(2,3)25-11/h7-11,22-23H,4-5H2,1-3H3,(H2,16,17,18)/t7-,8+,9+,10?,11?/m1/s1. The zero-order valence-corrected chi connectivity index (χ0v) is 15.6. The minimum absolute atomic E-state index is 0.230. The Kier molecular flexibility index (Phi) is 4.31. The monoisotopic (exact) mass is 382 g/mol. The number of anilines is 1. The van der Waals surface area contributed by atoms with Crippen LogP contribution >= 0.6 is 11.8 Å². The van der Waals surface area contributed by atoms with Crippen LogP contribution in [0.2, 0.25) is 0 Å². The fraction of sp³-hybridized carbons (Fsp3) is 0.733. The Morgan fingerprint density at radius 2 is 1.92 bits per heavy atom. The molecule has 3 heterocycles. The summed E-state index contributed by atoms with van der Waals surface area (Å²) in [7, 11) is 0. The Morgan fingerprint density at radius 3 is 2.65 bits per heavy atom. The van der Waals surface area contributed by atoms with Gasteiger partial charge < -0.3 is 25.4 Å². The number of hydrogen-bond acceptors (Lipinski definition) is 10. The highest BCUT2D eigenvalue weighted by Crippen LogP contribution is 2.44. The Labute approximate surface area is 154 Å². The number of hydrogen-bond donors (Lipinski definition) is 3. The van der Waals surface area contributed by atoms with Crippen LogP contribution in [0.3, 0.4) is 0 Å². The average Bonchev–Trinajstić information content (AvgIpc) is 3.19. The molecule has 10 nitrogen and oxygen atoms in total. The lowest BCUT2D eigenvalue weighted by Crippen LogP contribution is -2.36. The number of aliphatic hydroxyl groups is 2. The molecule has 5 atom stereocenters. The van der Waals surface area contributed by atoms with Gasteiger partial charge in [0.25, 0.3) is 0 Å². The van der Waals surface area contributed by atoms with Crippen molar-refractivity contribution >= 4 is 28.7 Å². The second-order valence-corrected chi connectivity index (χ2v) is 8.04. The van der Waals surface area contributed by atoms with Crippen LogP contribution in [0.25, 0.3) is 11.2 Å². The third-order valence-corrected chi connectivity index (χ3v) is 5.64. The molecule has 1 saturated heterocycles. The van der Waals surface area contributed by atoms with Crippen molar-refractivity contribution in [2.24, 2.45) is 0 Å². The summed E-state index contributed by atoms with van der Waals surface area (Å²) in [5, 5.41) is 29.7. The Bertz CT molecular complexity index is 830. The van der Waals surface area contributed by atoms with Crippen LogP contribution < -0.4 is 5.73 Å². The lowest BCUT2D eigenvalue weighted by Gasteiger charge is -2.25. The van der Waals surface area contributed by atoms with E-state index < -0.39 is 36.2 Å². The number of aliphatic hydroxyl groups excluding tert-OH is 2. The van der Waals surface area contributed by atoms with Crippen molar-refractivity contribution < 1.29 is 19.7 Å². The maximum Gasteiger partial charge on any atom is 0.191 e. The van der Waals surface area contributed by atoms with Gasteiger partial charge in [0.1, 0.15) is 30.5 Å². The third kappa shape index (κ3) is 2.74. The molecule has 0 amide bonds. The van der Waals surface area contributed by atoms with Crippen LogP contribution in [-0.4, -0.2) is 71.1 Å². The quantitative estimate of drug-likeness (QED) is 0.492. The van der Waals surface area contributed by atoms with Crippen molar-refractivity contribution in [2.75, 3.05) is 11.5 Å². The fourth-order valence-corrected chi connectivity index (χ4v) is 4.21. The topological polar surface area (TPSA) is 141 Å². The molecule has 4 N–H and O–H groups in total. The van der Waals surface area contributed by atoms with Gasteiger partial charge in [0.2, 0.25) is 0 Å². The van der Waals surface area contributed by atoms with E-state index in [0.717, 1.165) is 12.2 Å². The first-order valence-corrected chi connectivity index (χ1v) is 9.54. The van der Waals surface area contributed by atoms with Crippen LogP contribution in [-0.2, 0) is 9.47 Å². The summed E-state index contributed by atoms with van der Waals surface area (Å²) >= 11 is 1.49. The summed E-state index contributed by atoms with van der Waals surface area (Å²) in [6.07, 6.45) is -2.49. The van der Waals surface area contributed by atoms with Crippen molar-refractivity contribution in [2.45, 2.75) is 68.6 Å². The van der Waals surface area contributed by atoms with Crippen LogP contribution in [0, 0.1) is 0 Å². The van der Waals surface area contributed by atoms with Crippen molar-refractivity contribution in [1.29, 1.82) is 0 Å². The van der Waals surface area contributed by atoms with E-state index in [1.54, 1.807) is 13.8 Å². The lowest BCUT2D eigenvalue weighted by atomic mass is 10.2. The summed E-state index contributed by atoms with van der Waals surface area (Å²) in [6, 6.07) is -0.694. The molecule has 11 heteroatoms. The summed E-state index contributed by atoms with van der Waals surface area (Å²) in [5.74, 6) is 0.224. The molecule has 26 heavy (non-hydrogen) atoms. The van der Waals surface area contributed by atoms with Gasteiger partial charge in [-0.15, -0.1) is 5.10 Å². The molecule has 2 unspecified atom stereocenters. The molecule has 0 bridgehead atoms. The zero-order valence-electron chi connectivity index (χ0n) is 14.7. The molecule has 142 valence electrons. The molecule has 4 rings (SSSR count). The second kappa shape index (κ2) is 6.27. The van der Waals surface area contributed by atoms with E-state index in [2.05, 4.69) is 27.2 Å². The van der Waals surface area contributed by atoms with E-state index in [1.807, 2.05) is 0 Å². The Hall–Kier alpha value is -1.53. The highest BCUT2D eigenvalue weighted by atomic mass is 32.2. The smallest absolute Gasteiger partial charge is 0.191 e. The number of rotatable bonds is 4. The van der Waals surface area contributed by atoms with E-state index in [9.17, 15) is 10.2 Å². The summed E-state index contributed by atoms with van der Waals surface area (Å²) in [6.45, 7) is 5.59. The van der Waals surface area contributed by atoms with Gasteiger partial charge in [-0.1, -0.05) is 23.9 Å². The molecular formula is C15H22N6O4S. The molecule has 0 aromatic carbocycles. The van der Waals surface area contributed by atoms with E-state index in [1.165, 1.54) is 16.4 Å². The first kappa shape index (κ1) is 17.9. The summed E-state index contributed by atoms with van der Waals surface area (Å²) in [4.78, 5) is 8.76. The first-order valence-electron chi connectivity index (χ1n) is 8.55. The first-order chi connectivity index (χ1) is 12.3. The van der Waals surface area contributed by atoms with E-state index in [-0.39, 0.29) is 5.82 Å². The van der Waals surface area contributed by atoms with Gasteiger partial charge in [0.15, 0.2) is 27.9 Å². The maximum absolute atomic E-state index is 10.6. The molecule has 0 spiro atoms. The molecular weight excluding hydrogens is 360 g/mol. The molecule has 2 aromatic heterocycles. The number of fused-ring (bicyclic) bond motifs is 2. The van der Waals surface area contributed by atoms with Crippen LogP contribution in [0.15, 0.2) is 5.16 Å². The third-order valence-electron chi connectivity index (χ3n) is 4.58. The zero-order chi connectivity index (χ0) is 18.6. The largest absolute Gasteiger partial charge is 0.388 e. The normalized spacial score (nSPS) is 33.0. The molecule has 1 aliphatic carbocycles. The Morgan fingerprint density at radius 1 is 1.19 bits per heavy atom. The van der Waals surface area contributed by atoms with Gasteiger partial charge in [-0.05, 0) is 20.3 Å².